The Kier molecular flexibility index (Phi) is 2.92. The van der Waals surface area contributed by atoms with Crippen LogP contribution in [-0.4, -0.2) is 25.1 Å². The maximum absolute atomic E-state index is 9.78. The van der Waals surface area contributed by atoms with Crippen molar-refractivity contribution in [3.63, 3.8) is 0 Å². The van der Waals surface area contributed by atoms with Gasteiger partial charge < -0.3 is 28.8 Å². The van der Waals surface area contributed by atoms with Crippen LogP contribution in [0.4, 0.5) is 0 Å². The third kappa shape index (κ3) is 1.84. The summed E-state index contributed by atoms with van der Waals surface area (Å²) in [4.78, 5) is 0. The van der Waals surface area contributed by atoms with Crippen LogP contribution in [-0.2, 0) is 16.1 Å². The maximum Gasteiger partial charge on any atom is 0.231 e. The topological polar surface area (TPSA) is 66.4 Å². The van der Waals surface area contributed by atoms with Crippen LogP contribution in [0.25, 0.3) is 0 Å². The number of hydrogen-bond donors (Lipinski definition) is 1. The van der Waals surface area contributed by atoms with Gasteiger partial charge in [0.15, 0.2) is 17.6 Å². The molecule has 3 aliphatic rings. The van der Waals surface area contributed by atoms with E-state index in [2.05, 4.69) is 0 Å². The summed E-state index contributed by atoms with van der Waals surface area (Å²) in [5, 5.41) is 9.78. The normalized spacial score (nSPS) is 26.1. The minimum atomic E-state index is -0.331. The molecule has 0 amide bonds. The summed E-state index contributed by atoms with van der Waals surface area (Å²) in [6, 6.07) is 8.94. The van der Waals surface area contributed by atoms with E-state index in [1.54, 1.807) is 19.2 Å². The zero-order chi connectivity index (χ0) is 16.3. The minimum Gasteiger partial charge on any atom is -0.508 e. The van der Waals surface area contributed by atoms with Crippen LogP contribution in [0, 0.1) is 0 Å². The first-order valence-electron chi connectivity index (χ1n) is 7.81. The lowest BCUT2D eigenvalue weighted by molar-refractivity contribution is -0.138. The van der Waals surface area contributed by atoms with Gasteiger partial charge in [-0.3, -0.25) is 0 Å². The van der Waals surface area contributed by atoms with E-state index in [1.807, 2.05) is 18.2 Å². The van der Waals surface area contributed by atoms with Crippen molar-refractivity contribution in [2.45, 2.75) is 24.9 Å². The summed E-state index contributed by atoms with van der Waals surface area (Å²) in [5.74, 6) is 2.22. The van der Waals surface area contributed by atoms with Crippen LogP contribution in [0.3, 0.4) is 0 Å². The zero-order valence-electron chi connectivity index (χ0n) is 13.0. The molecule has 124 valence electrons. The number of aromatic hydroxyl groups is 1. The molecule has 0 aliphatic carbocycles. The van der Waals surface area contributed by atoms with Crippen LogP contribution < -0.4 is 14.2 Å². The van der Waals surface area contributed by atoms with E-state index in [9.17, 15) is 5.11 Å². The summed E-state index contributed by atoms with van der Waals surface area (Å²) in [6.07, 6.45) is -0.861. The molecule has 0 saturated carbocycles. The first-order valence-corrected chi connectivity index (χ1v) is 7.81. The third-order valence-corrected chi connectivity index (χ3v) is 4.81. The van der Waals surface area contributed by atoms with Gasteiger partial charge in [0.25, 0.3) is 0 Å². The van der Waals surface area contributed by atoms with Crippen LogP contribution in [0.5, 0.6) is 23.0 Å². The van der Waals surface area contributed by atoms with E-state index in [1.165, 1.54) is 0 Å². The molecule has 0 bridgehead atoms. The number of ether oxygens (including phenoxy) is 5. The molecule has 0 radical (unpaired) electrons. The third-order valence-electron chi connectivity index (χ3n) is 4.81. The van der Waals surface area contributed by atoms with Gasteiger partial charge in [0.2, 0.25) is 6.79 Å². The number of fused-ring (bicyclic) bond motifs is 6. The molecule has 0 aromatic heterocycles. The van der Waals surface area contributed by atoms with Crippen molar-refractivity contribution in [1.29, 1.82) is 0 Å². The second-order valence-corrected chi connectivity index (χ2v) is 6.06. The maximum atomic E-state index is 9.78. The highest BCUT2D eigenvalue weighted by molar-refractivity contribution is 5.55. The van der Waals surface area contributed by atoms with E-state index >= 15 is 0 Å². The molecule has 3 heterocycles. The van der Waals surface area contributed by atoms with Crippen LogP contribution >= 0.6 is 0 Å². The van der Waals surface area contributed by atoms with E-state index in [-0.39, 0.29) is 30.9 Å². The van der Waals surface area contributed by atoms with Crippen molar-refractivity contribution in [1.82, 2.24) is 0 Å². The fourth-order valence-corrected chi connectivity index (χ4v) is 3.72. The van der Waals surface area contributed by atoms with Crippen molar-refractivity contribution < 1.29 is 28.8 Å². The molecule has 3 atom stereocenters. The molecule has 1 N–H and O–H groups in total. The fourth-order valence-electron chi connectivity index (χ4n) is 3.72. The summed E-state index contributed by atoms with van der Waals surface area (Å²) >= 11 is 0. The lowest BCUT2D eigenvalue weighted by Gasteiger charge is -2.42. The second-order valence-electron chi connectivity index (χ2n) is 6.06. The van der Waals surface area contributed by atoms with Crippen LogP contribution in [0.2, 0.25) is 0 Å². The Morgan fingerprint density at radius 1 is 1.08 bits per heavy atom. The highest BCUT2D eigenvalue weighted by Crippen LogP contribution is 2.51. The zero-order valence-corrected chi connectivity index (χ0v) is 13.0. The second kappa shape index (κ2) is 5.03. The molecule has 2 aromatic carbocycles. The number of phenolic OH excluding ortho intramolecular Hbond substituents is 1. The van der Waals surface area contributed by atoms with Gasteiger partial charge in [0, 0.05) is 29.9 Å². The Hall–Kier alpha value is -2.44. The SMILES string of the molecule is CO[C@@H]1c2ccc(O)cc2O[C@H]2c3ccc4c(c3CO[C@@H]12)OCO4. The highest BCUT2D eigenvalue weighted by Gasteiger charge is 2.45. The molecule has 0 spiro atoms. The number of hydrogen-bond acceptors (Lipinski definition) is 6. The average molecular weight is 328 g/mol. The molecule has 0 saturated heterocycles. The van der Waals surface area contributed by atoms with Gasteiger partial charge in [-0.2, -0.15) is 0 Å². The summed E-state index contributed by atoms with van der Waals surface area (Å²) in [7, 11) is 1.65. The van der Waals surface area contributed by atoms with Crippen molar-refractivity contribution in [3.05, 3.63) is 47.0 Å². The van der Waals surface area contributed by atoms with Gasteiger partial charge in [0.1, 0.15) is 23.7 Å². The molecule has 3 aliphatic heterocycles. The standard InChI is InChI=1S/C18H16O6/c1-20-16-11-3-2-9(19)6-14(11)24-17-10-4-5-13-15(23-8-22-13)12(10)7-21-18(16)17/h2-6,16-19H,7-8H2,1H3/t16-,17+,18+/m1/s1. The Morgan fingerprint density at radius 2 is 1.96 bits per heavy atom. The van der Waals surface area contributed by atoms with Crippen LogP contribution in [0.15, 0.2) is 30.3 Å². The van der Waals surface area contributed by atoms with Gasteiger partial charge in [0.05, 0.1) is 6.61 Å². The van der Waals surface area contributed by atoms with Gasteiger partial charge in [-0.25, -0.2) is 0 Å². The largest absolute Gasteiger partial charge is 0.508 e. The van der Waals surface area contributed by atoms with E-state index in [4.69, 9.17) is 23.7 Å². The van der Waals surface area contributed by atoms with Crippen molar-refractivity contribution in [3.8, 4) is 23.0 Å². The van der Waals surface area contributed by atoms with Crippen molar-refractivity contribution in [2.75, 3.05) is 13.9 Å². The smallest absolute Gasteiger partial charge is 0.231 e. The lowest BCUT2D eigenvalue weighted by atomic mass is 9.87. The van der Waals surface area contributed by atoms with Crippen molar-refractivity contribution >= 4 is 0 Å². The van der Waals surface area contributed by atoms with Gasteiger partial charge >= 0.3 is 0 Å². The molecule has 2 aromatic rings. The fraction of sp³-hybridized carbons (Fsp3) is 0.333. The van der Waals surface area contributed by atoms with Gasteiger partial charge in [-0.1, -0.05) is 6.07 Å². The quantitative estimate of drug-likeness (QED) is 0.868. The number of methoxy groups -OCH3 is 1. The number of rotatable bonds is 1. The van der Waals surface area contributed by atoms with Crippen molar-refractivity contribution in [2.24, 2.45) is 0 Å². The summed E-state index contributed by atoms with van der Waals surface area (Å²) in [5.41, 5.74) is 2.83. The Morgan fingerprint density at radius 3 is 2.83 bits per heavy atom. The minimum absolute atomic E-state index is 0.157. The monoisotopic (exact) mass is 328 g/mol. The Balaban J connectivity index is 1.64. The number of phenols is 1. The predicted octanol–water partition coefficient (Wildman–Crippen LogP) is 2.84. The molecule has 0 unspecified atom stereocenters. The van der Waals surface area contributed by atoms with Gasteiger partial charge in [-0.05, 0) is 18.2 Å². The molecule has 6 heteroatoms. The first kappa shape index (κ1) is 13.9. The van der Waals surface area contributed by atoms with Crippen LogP contribution in [0.1, 0.15) is 28.9 Å². The molecule has 24 heavy (non-hydrogen) atoms. The van der Waals surface area contributed by atoms with Gasteiger partial charge in [-0.15, -0.1) is 0 Å². The van der Waals surface area contributed by atoms with E-state index < -0.39 is 0 Å². The van der Waals surface area contributed by atoms with E-state index in [0.717, 1.165) is 28.2 Å². The first-order chi connectivity index (χ1) is 11.8. The molecule has 6 nitrogen and oxygen atoms in total. The highest BCUT2D eigenvalue weighted by atomic mass is 16.7. The summed E-state index contributed by atoms with van der Waals surface area (Å²) < 4.78 is 29.0. The molecular weight excluding hydrogens is 312 g/mol. The number of benzene rings is 2. The Labute approximate surface area is 138 Å². The Bertz CT molecular complexity index is 817. The average Bonchev–Trinajstić information content (AvgIpc) is 3.08. The lowest BCUT2D eigenvalue weighted by Crippen LogP contribution is -2.40. The molecule has 5 rings (SSSR count). The summed E-state index contributed by atoms with van der Waals surface area (Å²) in [6.45, 7) is 0.637. The molecular formula is C18H16O6. The predicted molar refractivity (Wildman–Crippen MR) is 82.4 cm³/mol. The van der Waals surface area contributed by atoms with E-state index in [0.29, 0.717) is 12.4 Å². The molecule has 0 fully saturated rings.